The summed E-state index contributed by atoms with van der Waals surface area (Å²) in [5, 5.41) is 8.41. The first-order valence-electron chi connectivity index (χ1n) is 3.99. The van der Waals surface area contributed by atoms with E-state index in [2.05, 4.69) is 4.98 Å². The molecule has 1 rings (SSSR count). The molecule has 0 saturated carbocycles. The second-order valence-corrected chi connectivity index (χ2v) is 2.99. The molecular formula is C9H6ClF3N2. The van der Waals surface area contributed by atoms with Crippen molar-refractivity contribution in [1.82, 2.24) is 4.98 Å². The van der Waals surface area contributed by atoms with Crippen molar-refractivity contribution >= 4 is 11.6 Å². The maximum Gasteiger partial charge on any atom is 0.268 e. The van der Waals surface area contributed by atoms with Crippen LogP contribution in [-0.2, 0) is 12.3 Å². The lowest BCUT2D eigenvalue weighted by molar-refractivity contribution is 0.145. The summed E-state index contributed by atoms with van der Waals surface area (Å²) in [6.07, 6.45) is -2.35. The molecule has 15 heavy (non-hydrogen) atoms. The maximum absolute atomic E-state index is 13.4. The average Bonchev–Trinajstić information content (AvgIpc) is 2.18. The first-order valence-corrected chi connectivity index (χ1v) is 4.52. The number of pyridine rings is 1. The molecule has 1 heterocycles. The molecule has 0 amide bonds. The fourth-order valence-corrected chi connectivity index (χ4v) is 1.37. The monoisotopic (exact) mass is 234 g/mol. The SMILES string of the molecule is N#CCc1ncc(C(F)F)c(F)c1CCl. The largest absolute Gasteiger partial charge is 0.268 e. The Morgan fingerprint density at radius 3 is 2.67 bits per heavy atom. The van der Waals surface area contributed by atoms with Gasteiger partial charge in [-0.2, -0.15) is 5.26 Å². The minimum absolute atomic E-state index is 0.106. The van der Waals surface area contributed by atoms with E-state index in [0.717, 1.165) is 6.20 Å². The van der Waals surface area contributed by atoms with Gasteiger partial charge in [0, 0.05) is 11.8 Å². The van der Waals surface area contributed by atoms with Gasteiger partial charge in [0.25, 0.3) is 6.43 Å². The third kappa shape index (κ3) is 2.39. The van der Waals surface area contributed by atoms with E-state index in [1.54, 1.807) is 6.07 Å². The molecule has 1 aromatic rings. The van der Waals surface area contributed by atoms with Crippen LogP contribution < -0.4 is 0 Å². The summed E-state index contributed by atoms with van der Waals surface area (Å²) >= 11 is 5.42. The Hall–Kier alpha value is -1.28. The molecule has 0 aliphatic rings. The van der Waals surface area contributed by atoms with Crippen molar-refractivity contribution in [3.8, 4) is 6.07 Å². The molecule has 0 unspecified atom stereocenters. The highest BCUT2D eigenvalue weighted by Crippen LogP contribution is 2.25. The third-order valence-corrected chi connectivity index (χ3v) is 2.11. The summed E-state index contributed by atoms with van der Waals surface area (Å²) in [5.41, 5.74) is -0.808. The second kappa shape index (κ2) is 4.99. The fraction of sp³-hybridized carbons (Fsp3) is 0.333. The Labute approximate surface area is 89.3 Å². The third-order valence-electron chi connectivity index (χ3n) is 1.84. The number of nitrogens with zero attached hydrogens (tertiary/aromatic N) is 2. The van der Waals surface area contributed by atoms with E-state index in [4.69, 9.17) is 16.9 Å². The number of rotatable bonds is 3. The highest BCUT2D eigenvalue weighted by atomic mass is 35.5. The zero-order chi connectivity index (χ0) is 11.4. The molecule has 1 aromatic heterocycles. The molecule has 0 radical (unpaired) electrons. The highest BCUT2D eigenvalue weighted by Gasteiger charge is 2.19. The van der Waals surface area contributed by atoms with Crippen molar-refractivity contribution in [1.29, 1.82) is 5.26 Å². The lowest BCUT2D eigenvalue weighted by Gasteiger charge is -2.08. The average molecular weight is 235 g/mol. The molecule has 80 valence electrons. The molecule has 0 N–H and O–H groups in total. The Morgan fingerprint density at radius 1 is 1.53 bits per heavy atom. The molecule has 0 aliphatic heterocycles. The number of hydrogen-bond acceptors (Lipinski definition) is 2. The topological polar surface area (TPSA) is 36.7 Å². The van der Waals surface area contributed by atoms with E-state index >= 15 is 0 Å². The molecule has 0 spiro atoms. The summed E-state index contributed by atoms with van der Waals surface area (Å²) in [5.74, 6) is -1.35. The first-order chi connectivity index (χ1) is 7.11. The molecule has 0 saturated heterocycles. The number of aromatic nitrogens is 1. The van der Waals surface area contributed by atoms with Crippen molar-refractivity contribution in [3.63, 3.8) is 0 Å². The summed E-state index contributed by atoms with van der Waals surface area (Å²) < 4.78 is 37.9. The van der Waals surface area contributed by atoms with Gasteiger partial charge in [-0.15, -0.1) is 11.6 Å². The van der Waals surface area contributed by atoms with Gasteiger partial charge in [0.15, 0.2) is 0 Å². The van der Waals surface area contributed by atoms with Gasteiger partial charge in [0.05, 0.1) is 29.6 Å². The highest BCUT2D eigenvalue weighted by molar-refractivity contribution is 6.17. The summed E-state index contributed by atoms with van der Waals surface area (Å²) in [4.78, 5) is 3.59. The smallest absolute Gasteiger partial charge is 0.259 e. The van der Waals surface area contributed by atoms with Crippen LogP contribution in [0.1, 0.15) is 23.2 Å². The Bertz CT molecular complexity index is 401. The van der Waals surface area contributed by atoms with Gasteiger partial charge >= 0.3 is 0 Å². The molecule has 6 heteroatoms. The van der Waals surface area contributed by atoms with Gasteiger partial charge in [-0.1, -0.05) is 0 Å². The lowest BCUT2D eigenvalue weighted by atomic mass is 10.1. The Kier molecular flexibility index (Phi) is 3.92. The van der Waals surface area contributed by atoms with Gasteiger partial charge in [0.1, 0.15) is 5.82 Å². The fourth-order valence-electron chi connectivity index (χ4n) is 1.10. The molecule has 0 atom stereocenters. The predicted octanol–water partition coefficient (Wildman–Crippen LogP) is 2.96. The van der Waals surface area contributed by atoms with Crippen LogP contribution in [0, 0.1) is 17.1 Å². The summed E-state index contributed by atoms with van der Waals surface area (Å²) in [7, 11) is 0. The standard InChI is InChI=1S/C9H6ClF3N2/c10-3-5-7(1-2-14)15-4-6(8(5)11)9(12)13/h4,9H,1,3H2. The molecular weight excluding hydrogens is 229 g/mol. The first kappa shape index (κ1) is 11.8. The van der Waals surface area contributed by atoms with Crippen molar-refractivity contribution in [2.75, 3.05) is 0 Å². The van der Waals surface area contributed by atoms with E-state index in [-0.39, 0.29) is 23.6 Å². The molecule has 0 aromatic carbocycles. The Morgan fingerprint density at radius 2 is 2.20 bits per heavy atom. The van der Waals surface area contributed by atoms with Gasteiger partial charge in [-0.25, -0.2) is 13.2 Å². The number of nitriles is 1. The van der Waals surface area contributed by atoms with Gasteiger partial charge in [0.2, 0.25) is 0 Å². The molecule has 2 nitrogen and oxygen atoms in total. The molecule has 0 aliphatic carbocycles. The number of alkyl halides is 3. The van der Waals surface area contributed by atoms with E-state index in [1.807, 2.05) is 0 Å². The zero-order valence-corrected chi connectivity index (χ0v) is 8.23. The van der Waals surface area contributed by atoms with Crippen LogP contribution in [-0.4, -0.2) is 4.98 Å². The molecule has 0 bridgehead atoms. The van der Waals surface area contributed by atoms with Crippen LogP contribution in [0.15, 0.2) is 6.20 Å². The minimum Gasteiger partial charge on any atom is -0.259 e. The van der Waals surface area contributed by atoms with Gasteiger partial charge in [-0.05, 0) is 0 Å². The Balaban J connectivity index is 3.27. The normalized spacial score (nSPS) is 10.4. The molecule has 0 fully saturated rings. The van der Waals surface area contributed by atoms with Crippen LogP contribution in [0.4, 0.5) is 13.2 Å². The quantitative estimate of drug-likeness (QED) is 0.754. The van der Waals surface area contributed by atoms with Crippen LogP contribution >= 0.6 is 11.6 Å². The van der Waals surface area contributed by atoms with E-state index in [1.165, 1.54) is 0 Å². The second-order valence-electron chi connectivity index (χ2n) is 2.72. The zero-order valence-electron chi connectivity index (χ0n) is 7.48. The van der Waals surface area contributed by atoms with Crippen LogP contribution in [0.5, 0.6) is 0 Å². The van der Waals surface area contributed by atoms with Crippen LogP contribution in [0.2, 0.25) is 0 Å². The summed E-state index contributed by atoms with van der Waals surface area (Å²) in [6.45, 7) is 0. The maximum atomic E-state index is 13.4. The van der Waals surface area contributed by atoms with Crippen molar-refractivity contribution in [3.05, 3.63) is 28.8 Å². The van der Waals surface area contributed by atoms with E-state index in [9.17, 15) is 13.2 Å². The van der Waals surface area contributed by atoms with Crippen molar-refractivity contribution in [2.24, 2.45) is 0 Å². The van der Waals surface area contributed by atoms with Crippen molar-refractivity contribution < 1.29 is 13.2 Å². The van der Waals surface area contributed by atoms with Crippen LogP contribution in [0.3, 0.4) is 0 Å². The number of halogens is 4. The van der Waals surface area contributed by atoms with Gasteiger partial charge in [-0.3, -0.25) is 4.98 Å². The summed E-state index contributed by atoms with van der Waals surface area (Å²) in [6, 6.07) is 1.76. The lowest BCUT2D eigenvalue weighted by Crippen LogP contribution is -2.04. The van der Waals surface area contributed by atoms with Crippen molar-refractivity contribution in [2.45, 2.75) is 18.7 Å². The van der Waals surface area contributed by atoms with E-state index in [0.29, 0.717) is 0 Å². The number of hydrogen-bond donors (Lipinski definition) is 0. The predicted molar refractivity (Wildman–Crippen MR) is 48.0 cm³/mol. The van der Waals surface area contributed by atoms with E-state index < -0.39 is 17.8 Å². The van der Waals surface area contributed by atoms with Crippen LogP contribution in [0.25, 0.3) is 0 Å². The van der Waals surface area contributed by atoms with Gasteiger partial charge < -0.3 is 0 Å². The minimum atomic E-state index is -2.93.